The maximum atomic E-state index is 12.4. The maximum absolute atomic E-state index is 12.4. The van der Waals surface area contributed by atoms with Gasteiger partial charge in [-0.15, -0.1) is 0 Å². The van der Waals surface area contributed by atoms with E-state index in [0.29, 0.717) is 6.04 Å². The van der Waals surface area contributed by atoms with Crippen molar-refractivity contribution in [3.8, 4) is 11.3 Å². The van der Waals surface area contributed by atoms with Crippen LogP contribution in [0.5, 0.6) is 0 Å². The highest BCUT2D eigenvalue weighted by atomic mass is 16.6. The molecule has 0 unspecified atom stereocenters. The monoisotopic (exact) mass is 532 g/mol. The molecule has 0 spiro atoms. The van der Waals surface area contributed by atoms with E-state index in [4.69, 9.17) is 9.72 Å². The third-order valence-corrected chi connectivity index (χ3v) is 9.15. The first-order valence-electron chi connectivity index (χ1n) is 14.9. The largest absolute Gasteiger partial charge is 0.444 e. The smallest absolute Gasteiger partial charge is 0.410 e. The van der Waals surface area contributed by atoms with Crippen LogP contribution in [0.4, 0.5) is 10.6 Å². The zero-order valence-electron chi connectivity index (χ0n) is 25.2. The Labute approximate surface area is 235 Å². The summed E-state index contributed by atoms with van der Waals surface area (Å²) in [4.78, 5) is 24.5. The van der Waals surface area contributed by atoms with E-state index in [9.17, 15) is 4.79 Å². The highest BCUT2D eigenvalue weighted by Gasteiger charge is 2.37. The summed E-state index contributed by atoms with van der Waals surface area (Å²) < 4.78 is 5.57. The van der Waals surface area contributed by atoms with Crippen molar-refractivity contribution >= 4 is 11.9 Å². The number of rotatable bonds is 3. The maximum Gasteiger partial charge on any atom is 0.410 e. The third kappa shape index (κ3) is 6.11. The highest BCUT2D eigenvalue weighted by molar-refractivity contribution is 5.68. The number of carbonyl (C=O) groups excluding carboxylic acids is 1. The van der Waals surface area contributed by atoms with E-state index in [0.717, 1.165) is 63.6 Å². The molecule has 6 nitrogen and oxygen atoms in total. The summed E-state index contributed by atoms with van der Waals surface area (Å²) in [5, 5.41) is 0. The zero-order valence-corrected chi connectivity index (χ0v) is 25.2. The molecule has 0 bridgehead atoms. The van der Waals surface area contributed by atoms with E-state index in [1.54, 1.807) is 0 Å². The van der Waals surface area contributed by atoms with E-state index in [2.05, 4.69) is 73.9 Å². The average molecular weight is 533 g/mol. The number of piperidine rings is 1. The molecule has 2 fully saturated rings. The van der Waals surface area contributed by atoms with Crippen molar-refractivity contribution in [2.24, 2.45) is 0 Å². The van der Waals surface area contributed by atoms with E-state index in [1.807, 2.05) is 25.7 Å². The lowest BCUT2D eigenvalue weighted by molar-refractivity contribution is 0.0140. The van der Waals surface area contributed by atoms with Crippen LogP contribution in [0.3, 0.4) is 0 Å². The lowest BCUT2D eigenvalue weighted by Gasteiger charge is -2.43. The van der Waals surface area contributed by atoms with E-state index in [-0.39, 0.29) is 16.9 Å². The Morgan fingerprint density at radius 3 is 2.15 bits per heavy atom. The number of amides is 1. The third-order valence-electron chi connectivity index (χ3n) is 9.15. The molecule has 0 atom stereocenters. The van der Waals surface area contributed by atoms with Crippen LogP contribution in [-0.2, 0) is 15.6 Å². The predicted molar refractivity (Wildman–Crippen MR) is 160 cm³/mol. The molecule has 2 aliphatic heterocycles. The number of benzene rings is 1. The molecule has 5 rings (SSSR count). The van der Waals surface area contributed by atoms with Gasteiger partial charge in [0, 0.05) is 50.9 Å². The van der Waals surface area contributed by atoms with Gasteiger partial charge in [0.2, 0.25) is 0 Å². The van der Waals surface area contributed by atoms with Crippen molar-refractivity contribution in [1.82, 2.24) is 14.8 Å². The van der Waals surface area contributed by atoms with Gasteiger partial charge in [-0.05, 0) is 86.6 Å². The summed E-state index contributed by atoms with van der Waals surface area (Å²) in [5.74, 6) is 1.07. The van der Waals surface area contributed by atoms with Gasteiger partial charge in [0.25, 0.3) is 0 Å². The molecule has 1 aromatic heterocycles. The van der Waals surface area contributed by atoms with Crippen LogP contribution in [0.15, 0.2) is 36.4 Å². The lowest BCUT2D eigenvalue weighted by Crippen LogP contribution is -2.54. The number of aromatic nitrogens is 1. The van der Waals surface area contributed by atoms with Crippen LogP contribution < -0.4 is 4.90 Å². The molecule has 6 heteroatoms. The quantitative estimate of drug-likeness (QED) is 0.445. The molecular formula is C33H48N4O2. The van der Waals surface area contributed by atoms with E-state index < -0.39 is 5.60 Å². The van der Waals surface area contributed by atoms with E-state index in [1.165, 1.54) is 29.5 Å². The summed E-state index contributed by atoms with van der Waals surface area (Å²) in [6.45, 7) is 20.9. The minimum Gasteiger partial charge on any atom is -0.444 e. The van der Waals surface area contributed by atoms with Crippen LogP contribution in [-0.4, -0.2) is 71.8 Å². The van der Waals surface area contributed by atoms with Gasteiger partial charge in [-0.2, -0.15) is 0 Å². The van der Waals surface area contributed by atoms with Crippen molar-refractivity contribution in [1.29, 1.82) is 0 Å². The molecule has 3 heterocycles. The van der Waals surface area contributed by atoms with Crippen molar-refractivity contribution in [3.05, 3.63) is 47.5 Å². The van der Waals surface area contributed by atoms with E-state index >= 15 is 0 Å². The molecular weight excluding hydrogens is 484 g/mol. The standard InChI is InChI=1S/C33H48N4O2/c1-31(2,3)39-30(38)37-17-13-25(14-18-37)35-19-21-36(22-20-35)29-10-8-9-28(34-29)24-11-12-26-27(23-24)33(6,7)16-15-32(26,4)5/h8-12,23,25H,13-22H2,1-7H3. The number of hydrogen-bond acceptors (Lipinski definition) is 5. The minimum atomic E-state index is -0.441. The molecule has 0 N–H and O–H groups in total. The Kier molecular flexibility index (Phi) is 7.47. The molecule has 3 aliphatic rings. The first kappa shape index (κ1) is 27.9. The van der Waals surface area contributed by atoms with Gasteiger partial charge in [0.15, 0.2) is 0 Å². The molecule has 0 saturated carbocycles. The number of likely N-dealkylation sites (tertiary alicyclic amines) is 1. The second kappa shape index (κ2) is 10.4. The van der Waals surface area contributed by atoms with Gasteiger partial charge in [-0.3, -0.25) is 4.90 Å². The number of piperazine rings is 1. The predicted octanol–water partition coefficient (Wildman–Crippen LogP) is 6.62. The highest BCUT2D eigenvalue weighted by Crippen LogP contribution is 2.46. The number of carbonyl (C=O) groups is 1. The van der Waals surface area contributed by atoms with Gasteiger partial charge in [-0.25, -0.2) is 9.78 Å². The number of hydrogen-bond donors (Lipinski definition) is 0. The molecule has 2 saturated heterocycles. The Morgan fingerprint density at radius 1 is 0.872 bits per heavy atom. The summed E-state index contributed by atoms with van der Waals surface area (Å²) in [7, 11) is 0. The summed E-state index contributed by atoms with van der Waals surface area (Å²) in [6, 6.07) is 14.0. The lowest BCUT2D eigenvalue weighted by atomic mass is 9.63. The van der Waals surface area contributed by atoms with Gasteiger partial charge < -0.3 is 14.5 Å². The van der Waals surface area contributed by atoms with Gasteiger partial charge in [-0.1, -0.05) is 45.9 Å². The van der Waals surface area contributed by atoms with Crippen LogP contribution in [0.25, 0.3) is 11.3 Å². The summed E-state index contributed by atoms with van der Waals surface area (Å²) in [6.07, 6.45) is 4.29. The second-order valence-corrected chi connectivity index (χ2v) is 14.1. The average Bonchev–Trinajstić information content (AvgIpc) is 2.90. The van der Waals surface area contributed by atoms with Crippen LogP contribution in [0.1, 0.15) is 85.3 Å². The molecule has 0 radical (unpaired) electrons. The number of anilines is 1. The van der Waals surface area contributed by atoms with Crippen molar-refractivity contribution in [3.63, 3.8) is 0 Å². The Hall–Kier alpha value is -2.60. The van der Waals surface area contributed by atoms with Gasteiger partial charge in [0.1, 0.15) is 11.4 Å². The Morgan fingerprint density at radius 2 is 1.51 bits per heavy atom. The number of pyridine rings is 1. The fourth-order valence-corrected chi connectivity index (χ4v) is 6.56. The minimum absolute atomic E-state index is 0.178. The SMILES string of the molecule is CC(C)(C)OC(=O)N1CCC(N2CCN(c3cccc(-c4ccc5c(c4)C(C)(C)CCC5(C)C)n3)CC2)CC1. The zero-order chi connectivity index (χ0) is 28.0. The van der Waals surface area contributed by atoms with Crippen molar-refractivity contribution < 1.29 is 9.53 Å². The number of fused-ring (bicyclic) bond motifs is 1. The molecule has 39 heavy (non-hydrogen) atoms. The number of ether oxygens (including phenoxy) is 1. The molecule has 1 amide bonds. The van der Waals surface area contributed by atoms with Crippen molar-refractivity contribution in [2.45, 2.75) is 96.6 Å². The second-order valence-electron chi connectivity index (χ2n) is 14.1. The molecule has 212 valence electrons. The fraction of sp³-hybridized carbons (Fsp3) is 0.636. The topological polar surface area (TPSA) is 48.9 Å². The Bertz CT molecular complexity index is 1180. The first-order chi connectivity index (χ1) is 18.3. The van der Waals surface area contributed by atoms with Crippen LogP contribution in [0.2, 0.25) is 0 Å². The van der Waals surface area contributed by atoms with Gasteiger partial charge >= 0.3 is 6.09 Å². The van der Waals surface area contributed by atoms with Crippen LogP contribution in [0, 0.1) is 0 Å². The summed E-state index contributed by atoms with van der Waals surface area (Å²) >= 11 is 0. The normalized spacial score (nSPS) is 21.9. The molecule has 1 aliphatic carbocycles. The summed E-state index contributed by atoms with van der Waals surface area (Å²) in [5.41, 5.74) is 5.23. The Balaban J connectivity index is 1.21. The van der Waals surface area contributed by atoms with Gasteiger partial charge in [0.05, 0.1) is 5.69 Å². The fourth-order valence-electron chi connectivity index (χ4n) is 6.56. The number of nitrogens with zero attached hydrogens (tertiary/aromatic N) is 4. The molecule has 1 aromatic carbocycles. The van der Waals surface area contributed by atoms with Crippen LogP contribution >= 0.6 is 0 Å². The first-order valence-corrected chi connectivity index (χ1v) is 14.9. The molecule has 2 aromatic rings. The van der Waals surface area contributed by atoms with Crippen molar-refractivity contribution in [2.75, 3.05) is 44.2 Å².